The quantitative estimate of drug-likeness (QED) is 0.714. The fourth-order valence-electron chi connectivity index (χ4n) is 2.41. The van der Waals surface area contributed by atoms with Gasteiger partial charge in [-0.25, -0.2) is 14.1 Å². The molecule has 0 radical (unpaired) electrons. The first-order valence-corrected chi connectivity index (χ1v) is 8.30. The molecule has 0 unspecified atom stereocenters. The fraction of sp³-hybridized carbons (Fsp3) is 0.385. The molecule has 1 aliphatic rings. The summed E-state index contributed by atoms with van der Waals surface area (Å²) in [6.07, 6.45) is 4.20. The van der Waals surface area contributed by atoms with Crippen LogP contribution in [0.2, 0.25) is 0 Å². The molecule has 0 atom stereocenters. The maximum Gasteiger partial charge on any atom is 0.259 e. The number of nitrogens with zero attached hydrogens (tertiary/aromatic N) is 5. The number of aromatic nitrogens is 5. The molecule has 0 aliphatic heterocycles. The molecule has 0 saturated heterocycles. The third kappa shape index (κ3) is 2.22. The zero-order valence-corrected chi connectivity index (χ0v) is 13.7. The van der Waals surface area contributed by atoms with Crippen LogP contribution in [0.15, 0.2) is 21.7 Å². The molecule has 0 aromatic carbocycles. The molecule has 0 amide bonds. The summed E-state index contributed by atoms with van der Waals surface area (Å²) in [6.45, 7) is 2.46. The molecule has 4 rings (SSSR count). The molecule has 0 N–H and O–H groups in total. The van der Waals surface area contributed by atoms with Crippen LogP contribution in [-0.2, 0) is 6.54 Å². The Hall–Kier alpha value is -1.54. The summed E-state index contributed by atoms with van der Waals surface area (Å²) in [7, 11) is 0. The van der Waals surface area contributed by atoms with Crippen molar-refractivity contribution in [2.75, 3.05) is 0 Å². The van der Waals surface area contributed by atoms with Crippen LogP contribution in [0, 0.1) is 6.92 Å². The van der Waals surface area contributed by atoms with Crippen LogP contribution in [0.1, 0.15) is 35.0 Å². The molecule has 6 nitrogen and oxygen atoms in total. The number of thiazole rings is 1. The lowest BCUT2D eigenvalue weighted by Gasteiger charge is -2.05. The van der Waals surface area contributed by atoms with Crippen molar-refractivity contribution in [2.24, 2.45) is 0 Å². The van der Waals surface area contributed by atoms with Gasteiger partial charge in [-0.3, -0.25) is 4.79 Å². The van der Waals surface area contributed by atoms with Gasteiger partial charge in [0.05, 0.1) is 24.1 Å². The van der Waals surface area contributed by atoms with E-state index >= 15 is 0 Å². The van der Waals surface area contributed by atoms with E-state index in [1.807, 2.05) is 17.8 Å². The van der Waals surface area contributed by atoms with Gasteiger partial charge in [0.15, 0.2) is 4.96 Å². The number of hydrogen-bond donors (Lipinski definition) is 0. The number of fused-ring (bicyclic) bond motifs is 1. The summed E-state index contributed by atoms with van der Waals surface area (Å²) in [5, 5.41) is 8.10. The summed E-state index contributed by atoms with van der Waals surface area (Å²) < 4.78 is 4.23. The Morgan fingerprint density at radius 2 is 2.29 bits per heavy atom. The van der Waals surface area contributed by atoms with Crippen LogP contribution >= 0.6 is 27.3 Å². The van der Waals surface area contributed by atoms with E-state index in [9.17, 15) is 4.79 Å². The number of aryl methyl sites for hydroxylation is 1. The standard InChI is InChI=1S/C13H12BrN5OS/c1-7-12(14)19-11(20)4-9(16-13(19)21-7)6-18-10(5-15-17-18)8-2-3-8/h4-5,8H,2-3,6H2,1H3. The monoisotopic (exact) mass is 365 g/mol. The Kier molecular flexibility index (Phi) is 2.97. The molecule has 1 aliphatic carbocycles. The van der Waals surface area contributed by atoms with E-state index < -0.39 is 0 Å². The van der Waals surface area contributed by atoms with E-state index in [2.05, 4.69) is 31.2 Å². The predicted molar refractivity (Wildman–Crippen MR) is 82.9 cm³/mol. The van der Waals surface area contributed by atoms with Crippen LogP contribution in [0.25, 0.3) is 4.96 Å². The van der Waals surface area contributed by atoms with E-state index in [4.69, 9.17) is 0 Å². The lowest BCUT2D eigenvalue weighted by Crippen LogP contribution is -2.16. The smallest absolute Gasteiger partial charge is 0.259 e. The topological polar surface area (TPSA) is 65.1 Å². The Bertz CT molecular complexity index is 892. The molecule has 108 valence electrons. The van der Waals surface area contributed by atoms with Gasteiger partial charge >= 0.3 is 0 Å². The van der Waals surface area contributed by atoms with Gasteiger partial charge in [0.2, 0.25) is 0 Å². The highest BCUT2D eigenvalue weighted by molar-refractivity contribution is 9.10. The molecule has 3 aromatic rings. The molecular formula is C13H12BrN5OS. The molecular weight excluding hydrogens is 354 g/mol. The number of rotatable bonds is 3. The Balaban J connectivity index is 1.77. The second-order valence-corrected chi connectivity index (χ2v) is 7.18. The molecule has 8 heteroatoms. The lowest BCUT2D eigenvalue weighted by molar-refractivity contribution is 0.609. The minimum atomic E-state index is -0.0701. The largest absolute Gasteiger partial charge is 0.269 e. The molecule has 1 fully saturated rings. The van der Waals surface area contributed by atoms with Crippen molar-refractivity contribution in [3.8, 4) is 0 Å². The number of halogens is 1. The fourth-order valence-corrected chi connectivity index (χ4v) is 4.00. The molecule has 0 spiro atoms. The summed E-state index contributed by atoms with van der Waals surface area (Å²) in [4.78, 5) is 18.6. The third-order valence-corrected chi connectivity index (χ3v) is 5.80. The normalized spacial score (nSPS) is 15.0. The average molecular weight is 366 g/mol. The van der Waals surface area contributed by atoms with Gasteiger partial charge in [0.25, 0.3) is 5.56 Å². The highest BCUT2D eigenvalue weighted by Gasteiger charge is 2.27. The highest BCUT2D eigenvalue weighted by atomic mass is 79.9. The van der Waals surface area contributed by atoms with Gasteiger partial charge in [-0.2, -0.15) is 0 Å². The van der Waals surface area contributed by atoms with Crippen molar-refractivity contribution >= 4 is 32.2 Å². The Morgan fingerprint density at radius 3 is 3.05 bits per heavy atom. The highest BCUT2D eigenvalue weighted by Crippen LogP contribution is 2.39. The molecule has 3 heterocycles. The minimum absolute atomic E-state index is 0.0701. The zero-order valence-electron chi connectivity index (χ0n) is 11.3. The van der Waals surface area contributed by atoms with Crippen molar-refractivity contribution in [3.63, 3.8) is 0 Å². The van der Waals surface area contributed by atoms with Crippen LogP contribution < -0.4 is 5.56 Å². The van der Waals surface area contributed by atoms with Crippen molar-refractivity contribution in [3.05, 3.63) is 43.5 Å². The van der Waals surface area contributed by atoms with E-state index in [1.165, 1.54) is 24.2 Å². The maximum atomic E-state index is 12.2. The van der Waals surface area contributed by atoms with E-state index in [1.54, 1.807) is 10.5 Å². The number of hydrogen-bond acceptors (Lipinski definition) is 5. The predicted octanol–water partition coefficient (Wildman–Crippen LogP) is 2.34. The molecule has 1 saturated carbocycles. The van der Waals surface area contributed by atoms with Gasteiger partial charge in [-0.15, -0.1) is 16.4 Å². The zero-order chi connectivity index (χ0) is 14.6. The molecule has 0 bridgehead atoms. The summed E-state index contributed by atoms with van der Waals surface area (Å²) in [5.74, 6) is 0.572. The van der Waals surface area contributed by atoms with Gasteiger partial charge in [-0.1, -0.05) is 5.21 Å². The van der Waals surface area contributed by atoms with E-state index in [0.29, 0.717) is 17.4 Å². The van der Waals surface area contributed by atoms with Crippen LogP contribution in [0.3, 0.4) is 0 Å². The molecule has 21 heavy (non-hydrogen) atoms. The summed E-state index contributed by atoms with van der Waals surface area (Å²) in [5.41, 5.74) is 1.79. The average Bonchev–Trinajstić information content (AvgIpc) is 3.11. The maximum absolute atomic E-state index is 12.2. The van der Waals surface area contributed by atoms with Crippen molar-refractivity contribution in [1.82, 2.24) is 24.4 Å². The second kappa shape index (κ2) is 4.74. The van der Waals surface area contributed by atoms with Gasteiger partial charge in [-0.05, 0) is 35.7 Å². The lowest BCUT2D eigenvalue weighted by atomic mass is 10.3. The van der Waals surface area contributed by atoms with E-state index in [0.717, 1.165) is 20.9 Å². The van der Waals surface area contributed by atoms with Crippen molar-refractivity contribution < 1.29 is 0 Å². The summed E-state index contributed by atoms with van der Waals surface area (Å²) in [6, 6.07) is 1.57. The SMILES string of the molecule is Cc1sc2nc(Cn3nncc3C3CC3)cc(=O)n2c1Br. The Labute approximate surface area is 132 Å². The first kappa shape index (κ1) is 13.1. The van der Waals surface area contributed by atoms with Crippen LogP contribution in [0.5, 0.6) is 0 Å². The minimum Gasteiger partial charge on any atom is -0.269 e. The van der Waals surface area contributed by atoms with Crippen molar-refractivity contribution in [1.29, 1.82) is 0 Å². The van der Waals surface area contributed by atoms with Crippen molar-refractivity contribution in [2.45, 2.75) is 32.2 Å². The Morgan fingerprint density at radius 1 is 1.48 bits per heavy atom. The molecule has 3 aromatic heterocycles. The first-order valence-electron chi connectivity index (χ1n) is 6.69. The van der Waals surface area contributed by atoms with Crippen LogP contribution in [0.4, 0.5) is 0 Å². The van der Waals surface area contributed by atoms with Crippen LogP contribution in [-0.4, -0.2) is 24.4 Å². The second-order valence-electron chi connectivity index (χ2n) is 5.24. The summed E-state index contributed by atoms with van der Waals surface area (Å²) >= 11 is 4.93. The van der Waals surface area contributed by atoms with Gasteiger partial charge < -0.3 is 0 Å². The van der Waals surface area contributed by atoms with Gasteiger partial charge in [0.1, 0.15) is 4.60 Å². The third-order valence-electron chi connectivity index (χ3n) is 3.63. The van der Waals surface area contributed by atoms with E-state index in [-0.39, 0.29) is 5.56 Å². The first-order chi connectivity index (χ1) is 10.1. The van der Waals surface area contributed by atoms with Gasteiger partial charge in [0, 0.05) is 16.9 Å².